The van der Waals surface area contributed by atoms with Gasteiger partial charge in [-0.2, -0.15) is 0 Å². The minimum atomic E-state index is -0.453. The highest BCUT2D eigenvalue weighted by Crippen LogP contribution is 2.27. The zero-order chi connectivity index (χ0) is 13.8. The van der Waals surface area contributed by atoms with E-state index in [1.54, 1.807) is 18.5 Å². The molecule has 0 spiro atoms. The van der Waals surface area contributed by atoms with Gasteiger partial charge in [-0.15, -0.1) is 0 Å². The number of nitrogens with zero attached hydrogens (tertiary/aromatic N) is 2. The van der Waals surface area contributed by atoms with Gasteiger partial charge in [0.15, 0.2) is 0 Å². The third kappa shape index (κ3) is 3.01. The molecule has 0 saturated carbocycles. The van der Waals surface area contributed by atoms with E-state index in [2.05, 4.69) is 15.3 Å². The molecule has 1 heterocycles. The molecule has 0 amide bonds. The smallest absolute Gasteiger partial charge is 0.275 e. The summed E-state index contributed by atoms with van der Waals surface area (Å²) in [5.74, 6) is 1.19. The Labute approximate surface area is 109 Å². The van der Waals surface area contributed by atoms with Gasteiger partial charge >= 0.3 is 0 Å². The Hall–Kier alpha value is -2.57. The molecule has 2 rings (SSSR count). The van der Waals surface area contributed by atoms with Crippen molar-refractivity contribution in [2.24, 2.45) is 0 Å². The zero-order valence-corrected chi connectivity index (χ0v) is 10.6. The van der Waals surface area contributed by atoms with Crippen LogP contribution in [0.1, 0.15) is 18.8 Å². The van der Waals surface area contributed by atoms with Crippen molar-refractivity contribution in [1.29, 1.82) is 0 Å². The lowest BCUT2D eigenvalue weighted by molar-refractivity contribution is -0.384. The number of hydrogen-bond donors (Lipinski definition) is 2. The second kappa shape index (κ2) is 5.38. The van der Waals surface area contributed by atoms with Crippen LogP contribution in [0.25, 0.3) is 0 Å². The third-order valence-corrected chi connectivity index (χ3v) is 2.65. The van der Waals surface area contributed by atoms with Crippen molar-refractivity contribution in [1.82, 2.24) is 9.97 Å². The van der Waals surface area contributed by atoms with E-state index in [0.717, 1.165) is 5.82 Å². The Kier molecular flexibility index (Phi) is 3.65. The van der Waals surface area contributed by atoms with Gasteiger partial charge in [0, 0.05) is 30.2 Å². The number of nitro benzene ring substituents is 1. The van der Waals surface area contributed by atoms with Gasteiger partial charge in [-0.3, -0.25) is 10.1 Å². The first-order chi connectivity index (χ1) is 9.10. The maximum Gasteiger partial charge on any atom is 0.275 e. The Morgan fingerprint density at radius 3 is 2.84 bits per heavy atom. The van der Waals surface area contributed by atoms with Crippen LogP contribution in [-0.4, -0.2) is 22.0 Å². The number of non-ortho nitro benzene ring substituents is 1. The molecule has 7 nitrogen and oxygen atoms in total. The molecular formula is C12H14N4O3. The number of ether oxygens (including phenoxy) is 1. The number of methoxy groups -OCH3 is 1. The van der Waals surface area contributed by atoms with Crippen molar-refractivity contribution >= 4 is 11.4 Å². The second-order valence-corrected chi connectivity index (χ2v) is 4.02. The summed E-state index contributed by atoms with van der Waals surface area (Å²) in [7, 11) is 1.47. The molecule has 1 unspecified atom stereocenters. The monoisotopic (exact) mass is 262 g/mol. The normalized spacial score (nSPS) is 11.9. The van der Waals surface area contributed by atoms with Crippen LogP contribution in [0.2, 0.25) is 0 Å². The molecule has 0 bridgehead atoms. The molecule has 0 aliphatic rings. The lowest BCUT2D eigenvalue weighted by atomic mass is 10.2. The molecule has 1 aromatic heterocycles. The fourth-order valence-electron chi connectivity index (χ4n) is 1.72. The molecule has 2 aromatic rings. The van der Waals surface area contributed by atoms with Gasteiger partial charge in [0.2, 0.25) is 0 Å². The average Bonchev–Trinajstić information content (AvgIpc) is 2.92. The summed E-state index contributed by atoms with van der Waals surface area (Å²) in [6.07, 6.45) is 3.38. The number of aromatic amines is 1. The summed E-state index contributed by atoms with van der Waals surface area (Å²) in [6, 6.07) is 4.44. The van der Waals surface area contributed by atoms with Gasteiger partial charge < -0.3 is 15.0 Å². The maximum atomic E-state index is 10.8. The van der Waals surface area contributed by atoms with Crippen molar-refractivity contribution in [2.75, 3.05) is 12.4 Å². The maximum absolute atomic E-state index is 10.8. The fourth-order valence-corrected chi connectivity index (χ4v) is 1.72. The molecule has 0 fully saturated rings. The van der Waals surface area contributed by atoms with Crippen LogP contribution in [0.15, 0.2) is 30.6 Å². The van der Waals surface area contributed by atoms with Gasteiger partial charge in [0.1, 0.15) is 11.6 Å². The molecule has 100 valence electrons. The quantitative estimate of drug-likeness (QED) is 0.637. The van der Waals surface area contributed by atoms with Gasteiger partial charge in [0.05, 0.1) is 24.1 Å². The first-order valence-electron chi connectivity index (χ1n) is 5.69. The Bertz CT molecular complexity index is 568. The topological polar surface area (TPSA) is 93.1 Å². The second-order valence-electron chi connectivity index (χ2n) is 4.02. The van der Waals surface area contributed by atoms with Crippen LogP contribution in [0, 0.1) is 10.1 Å². The average molecular weight is 262 g/mol. The highest BCUT2D eigenvalue weighted by Gasteiger charge is 2.13. The Balaban J connectivity index is 2.24. The predicted octanol–water partition coefficient (Wildman–Crippen LogP) is 2.50. The third-order valence-electron chi connectivity index (χ3n) is 2.65. The molecule has 19 heavy (non-hydrogen) atoms. The van der Waals surface area contributed by atoms with Gasteiger partial charge in [-0.1, -0.05) is 0 Å². The zero-order valence-electron chi connectivity index (χ0n) is 10.6. The number of imidazole rings is 1. The van der Waals surface area contributed by atoms with Gasteiger partial charge in [0.25, 0.3) is 5.69 Å². The molecule has 0 aliphatic carbocycles. The minimum Gasteiger partial charge on any atom is -0.496 e. The van der Waals surface area contributed by atoms with Crippen molar-refractivity contribution in [3.8, 4) is 5.75 Å². The molecule has 1 atom stereocenters. The number of rotatable bonds is 5. The van der Waals surface area contributed by atoms with E-state index in [9.17, 15) is 10.1 Å². The summed E-state index contributed by atoms with van der Waals surface area (Å²) in [5, 5.41) is 14.0. The molecule has 0 saturated heterocycles. The highest BCUT2D eigenvalue weighted by atomic mass is 16.6. The van der Waals surface area contributed by atoms with E-state index < -0.39 is 4.92 Å². The first-order valence-corrected chi connectivity index (χ1v) is 5.69. The van der Waals surface area contributed by atoms with Crippen LogP contribution < -0.4 is 10.1 Å². The van der Waals surface area contributed by atoms with E-state index >= 15 is 0 Å². The van der Waals surface area contributed by atoms with Crippen LogP contribution in [0.4, 0.5) is 11.4 Å². The van der Waals surface area contributed by atoms with E-state index in [1.165, 1.54) is 19.2 Å². The molecule has 0 aliphatic heterocycles. The van der Waals surface area contributed by atoms with Crippen LogP contribution >= 0.6 is 0 Å². The SMILES string of the molecule is COc1cc(NC(C)c2ncc[nH]2)cc([N+](=O)[O-])c1. The number of benzene rings is 1. The largest absolute Gasteiger partial charge is 0.496 e. The van der Waals surface area contributed by atoms with E-state index in [4.69, 9.17) is 4.74 Å². The molecule has 0 radical (unpaired) electrons. The standard InChI is InChI=1S/C12H14N4O3/c1-8(12-13-3-4-14-12)15-9-5-10(16(17)18)7-11(6-9)19-2/h3-8,15H,1-2H3,(H,13,14). The summed E-state index contributed by atoms with van der Waals surface area (Å²) >= 11 is 0. The number of anilines is 1. The minimum absolute atomic E-state index is 0.0199. The van der Waals surface area contributed by atoms with Crippen LogP contribution in [0.5, 0.6) is 5.75 Å². The van der Waals surface area contributed by atoms with Crippen molar-refractivity contribution in [3.63, 3.8) is 0 Å². The predicted molar refractivity (Wildman–Crippen MR) is 70.3 cm³/mol. The van der Waals surface area contributed by atoms with E-state index in [1.807, 2.05) is 6.92 Å². The number of nitrogens with one attached hydrogen (secondary N) is 2. The van der Waals surface area contributed by atoms with Crippen molar-refractivity contribution in [3.05, 3.63) is 46.5 Å². The Morgan fingerprint density at radius 2 is 2.26 bits per heavy atom. The molecular weight excluding hydrogens is 248 g/mol. The van der Waals surface area contributed by atoms with Gasteiger partial charge in [-0.25, -0.2) is 4.98 Å². The number of H-pyrrole nitrogens is 1. The summed E-state index contributed by atoms with van der Waals surface area (Å²) < 4.78 is 5.05. The first kappa shape index (κ1) is 12.9. The van der Waals surface area contributed by atoms with Crippen LogP contribution in [0.3, 0.4) is 0 Å². The molecule has 1 aromatic carbocycles. The lowest BCUT2D eigenvalue weighted by Crippen LogP contribution is -2.08. The highest BCUT2D eigenvalue weighted by molar-refractivity contribution is 5.56. The summed E-state index contributed by atoms with van der Waals surface area (Å²) in [4.78, 5) is 17.5. The van der Waals surface area contributed by atoms with Crippen LogP contribution in [-0.2, 0) is 0 Å². The summed E-state index contributed by atoms with van der Waals surface area (Å²) in [6.45, 7) is 1.91. The van der Waals surface area contributed by atoms with E-state index in [-0.39, 0.29) is 11.7 Å². The number of aromatic nitrogens is 2. The van der Waals surface area contributed by atoms with Gasteiger partial charge in [-0.05, 0) is 6.92 Å². The lowest BCUT2D eigenvalue weighted by Gasteiger charge is -2.13. The molecule has 2 N–H and O–H groups in total. The van der Waals surface area contributed by atoms with Crippen molar-refractivity contribution in [2.45, 2.75) is 13.0 Å². The number of nitro groups is 1. The van der Waals surface area contributed by atoms with Crippen molar-refractivity contribution < 1.29 is 9.66 Å². The molecule has 7 heteroatoms. The summed E-state index contributed by atoms with van der Waals surface area (Å²) in [5.41, 5.74) is 0.587. The number of hydrogen-bond acceptors (Lipinski definition) is 5. The van der Waals surface area contributed by atoms with E-state index in [0.29, 0.717) is 11.4 Å². The Morgan fingerprint density at radius 1 is 1.47 bits per heavy atom. The fraction of sp³-hybridized carbons (Fsp3) is 0.250.